The van der Waals surface area contributed by atoms with Crippen LogP contribution in [0.4, 0.5) is 4.39 Å². The van der Waals surface area contributed by atoms with E-state index in [1.807, 2.05) is 6.92 Å². The van der Waals surface area contributed by atoms with Crippen LogP contribution >= 0.6 is 0 Å². The lowest BCUT2D eigenvalue weighted by Crippen LogP contribution is -2.06. The summed E-state index contributed by atoms with van der Waals surface area (Å²) in [6, 6.07) is 0. The lowest BCUT2D eigenvalue weighted by molar-refractivity contribution is 0.640. The Balaban J connectivity index is 3.80. The van der Waals surface area contributed by atoms with Gasteiger partial charge in [0.05, 0.1) is 5.83 Å². The molecule has 0 aliphatic rings. The van der Waals surface area contributed by atoms with Crippen molar-refractivity contribution in [1.29, 1.82) is 0 Å². The summed E-state index contributed by atoms with van der Waals surface area (Å²) in [6.45, 7) is 7.56. The van der Waals surface area contributed by atoms with Gasteiger partial charge in [0.1, 0.15) is 0 Å². The van der Waals surface area contributed by atoms with Crippen molar-refractivity contribution in [2.24, 2.45) is 0 Å². The molecule has 11 heavy (non-hydrogen) atoms. The lowest BCUT2D eigenvalue weighted by Gasteiger charge is -1.97. The van der Waals surface area contributed by atoms with E-state index in [0.29, 0.717) is 6.54 Å². The van der Waals surface area contributed by atoms with Crippen LogP contribution in [-0.2, 0) is 0 Å². The highest BCUT2D eigenvalue weighted by molar-refractivity contribution is 5.13. The van der Waals surface area contributed by atoms with E-state index in [1.165, 1.54) is 13.0 Å². The van der Waals surface area contributed by atoms with Gasteiger partial charge in [-0.25, -0.2) is 4.39 Å². The Kier molecular flexibility index (Phi) is 5.17. The van der Waals surface area contributed by atoms with Crippen molar-refractivity contribution in [3.8, 4) is 0 Å². The molecule has 2 heteroatoms. The third-order valence-electron chi connectivity index (χ3n) is 1.12. The molecule has 0 aromatic rings. The predicted molar refractivity (Wildman–Crippen MR) is 46.8 cm³/mol. The number of hydrogen-bond acceptors (Lipinski definition) is 1. The predicted octanol–water partition coefficient (Wildman–Crippen LogP) is 2.54. The van der Waals surface area contributed by atoms with E-state index in [1.54, 1.807) is 12.3 Å². The fourth-order valence-corrected chi connectivity index (χ4v) is 0.549. The smallest absolute Gasteiger partial charge is 0.0968 e. The number of hydrogen-bond donors (Lipinski definition) is 1. The first-order valence-electron chi connectivity index (χ1n) is 3.50. The van der Waals surface area contributed by atoms with Crippen LogP contribution in [0.3, 0.4) is 0 Å². The summed E-state index contributed by atoms with van der Waals surface area (Å²) in [5.41, 5.74) is 1.07. The Labute approximate surface area is 67.3 Å². The maximum Gasteiger partial charge on any atom is 0.0968 e. The van der Waals surface area contributed by atoms with Gasteiger partial charge in [-0.15, -0.1) is 0 Å². The van der Waals surface area contributed by atoms with Gasteiger partial charge in [-0.05, 0) is 26.1 Å². The zero-order chi connectivity index (χ0) is 8.69. The molecule has 0 aromatic carbocycles. The van der Waals surface area contributed by atoms with E-state index in [0.717, 1.165) is 5.57 Å². The third-order valence-corrected chi connectivity index (χ3v) is 1.12. The molecule has 0 saturated carbocycles. The highest BCUT2D eigenvalue weighted by atomic mass is 19.1. The Morgan fingerprint density at radius 2 is 2.09 bits per heavy atom. The molecule has 0 radical (unpaired) electrons. The van der Waals surface area contributed by atoms with Crippen molar-refractivity contribution in [3.05, 3.63) is 36.3 Å². The summed E-state index contributed by atoms with van der Waals surface area (Å²) in [5.74, 6) is -0.178. The summed E-state index contributed by atoms with van der Waals surface area (Å²) in [6.07, 6.45) is 4.80. The molecular formula is C9H14FN. The number of halogens is 1. The number of rotatable bonds is 4. The quantitative estimate of drug-likeness (QED) is 0.615. The molecule has 0 fully saturated rings. The van der Waals surface area contributed by atoms with Gasteiger partial charge in [-0.3, -0.25) is 0 Å². The minimum Gasteiger partial charge on any atom is -0.388 e. The van der Waals surface area contributed by atoms with Crippen LogP contribution in [0.5, 0.6) is 0 Å². The minimum atomic E-state index is -0.178. The molecular weight excluding hydrogens is 141 g/mol. The van der Waals surface area contributed by atoms with Gasteiger partial charge < -0.3 is 5.32 Å². The molecule has 0 saturated heterocycles. The minimum absolute atomic E-state index is 0.178. The average Bonchev–Trinajstić information content (AvgIpc) is 1.97. The zero-order valence-corrected chi connectivity index (χ0v) is 7.02. The monoisotopic (exact) mass is 155 g/mol. The lowest BCUT2D eigenvalue weighted by atomic mass is 10.2. The SMILES string of the molecule is C=CNC/C(C)=C/C=C(\C)F. The van der Waals surface area contributed by atoms with E-state index in [2.05, 4.69) is 11.9 Å². The molecule has 0 aliphatic heterocycles. The van der Waals surface area contributed by atoms with E-state index >= 15 is 0 Å². The molecule has 0 aliphatic carbocycles. The second-order valence-electron chi connectivity index (χ2n) is 2.35. The van der Waals surface area contributed by atoms with E-state index in [9.17, 15) is 4.39 Å². The van der Waals surface area contributed by atoms with Gasteiger partial charge in [0.2, 0.25) is 0 Å². The Morgan fingerprint density at radius 3 is 2.55 bits per heavy atom. The molecule has 1 nitrogen and oxygen atoms in total. The van der Waals surface area contributed by atoms with Gasteiger partial charge >= 0.3 is 0 Å². The standard InChI is InChI=1S/C9H14FN/c1-4-11-7-8(2)5-6-9(3)10/h4-6,11H,1,7H2,2-3H3/b8-5+,9-6+. The normalized spacial score (nSPS) is 13.0. The molecule has 0 spiro atoms. The average molecular weight is 155 g/mol. The second-order valence-corrected chi connectivity index (χ2v) is 2.35. The number of nitrogens with one attached hydrogen (secondary N) is 1. The summed E-state index contributed by atoms with van der Waals surface area (Å²) < 4.78 is 12.2. The zero-order valence-electron chi connectivity index (χ0n) is 7.02. The number of allylic oxidation sites excluding steroid dienone is 3. The van der Waals surface area contributed by atoms with Crippen LogP contribution in [0.2, 0.25) is 0 Å². The first-order chi connectivity index (χ1) is 5.16. The van der Waals surface area contributed by atoms with Gasteiger partial charge in [0.25, 0.3) is 0 Å². The van der Waals surface area contributed by atoms with Crippen molar-refractivity contribution >= 4 is 0 Å². The Morgan fingerprint density at radius 1 is 1.45 bits per heavy atom. The molecule has 0 rings (SSSR count). The van der Waals surface area contributed by atoms with Crippen LogP contribution in [-0.4, -0.2) is 6.54 Å². The summed E-state index contributed by atoms with van der Waals surface area (Å²) in [5, 5.41) is 2.92. The van der Waals surface area contributed by atoms with Crippen molar-refractivity contribution in [3.63, 3.8) is 0 Å². The van der Waals surface area contributed by atoms with Crippen LogP contribution in [0.15, 0.2) is 36.3 Å². The van der Waals surface area contributed by atoms with Crippen LogP contribution in [0.1, 0.15) is 13.8 Å². The highest BCUT2D eigenvalue weighted by Gasteiger charge is 1.84. The Bertz CT molecular complexity index is 176. The van der Waals surface area contributed by atoms with E-state index in [4.69, 9.17) is 0 Å². The maximum atomic E-state index is 12.2. The molecule has 0 bridgehead atoms. The van der Waals surface area contributed by atoms with Crippen LogP contribution < -0.4 is 5.32 Å². The van der Waals surface area contributed by atoms with E-state index in [-0.39, 0.29) is 5.83 Å². The maximum absolute atomic E-state index is 12.2. The summed E-state index contributed by atoms with van der Waals surface area (Å²) in [4.78, 5) is 0. The van der Waals surface area contributed by atoms with E-state index < -0.39 is 0 Å². The second kappa shape index (κ2) is 5.71. The van der Waals surface area contributed by atoms with Gasteiger partial charge in [0.15, 0.2) is 0 Å². The molecule has 0 atom stereocenters. The third kappa shape index (κ3) is 6.84. The van der Waals surface area contributed by atoms with Crippen molar-refractivity contribution in [1.82, 2.24) is 5.32 Å². The van der Waals surface area contributed by atoms with Crippen molar-refractivity contribution < 1.29 is 4.39 Å². The fraction of sp³-hybridized carbons (Fsp3) is 0.333. The van der Waals surface area contributed by atoms with Crippen molar-refractivity contribution in [2.75, 3.05) is 6.54 Å². The first kappa shape index (κ1) is 9.95. The van der Waals surface area contributed by atoms with Crippen LogP contribution in [0, 0.1) is 0 Å². The van der Waals surface area contributed by atoms with Gasteiger partial charge in [-0.2, -0.15) is 0 Å². The largest absolute Gasteiger partial charge is 0.388 e. The topological polar surface area (TPSA) is 12.0 Å². The molecule has 0 heterocycles. The molecule has 1 N–H and O–H groups in total. The molecule has 62 valence electrons. The first-order valence-corrected chi connectivity index (χ1v) is 3.50. The highest BCUT2D eigenvalue weighted by Crippen LogP contribution is 1.96. The van der Waals surface area contributed by atoms with Gasteiger partial charge in [0, 0.05) is 6.54 Å². The van der Waals surface area contributed by atoms with Gasteiger partial charge in [-0.1, -0.05) is 18.2 Å². The molecule has 0 amide bonds. The fourth-order valence-electron chi connectivity index (χ4n) is 0.549. The summed E-state index contributed by atoms with van der Waals surface area (Å²) >= 11 is 0. The van der Waals surface area contributed by atoms with Crippen molar-refractivity contribution in [2.45, 2.75) is 13.8 Å². The summed E-state index contributed by atoms with van der Waals surface area (Å²) in [7, 11) is 0. The molecule has 0 unspecified atom stereocenters. The Hall–Kier alpha value is -1.05. The molecule has 0 aromatic heterocycles. The van der Waals surface area contributed by atoms with Crippen LogP contribution in [0.25, 0.3) is 0 Å².